The molecule has 0 aliphatic rings. The van der Waals surface area contributed by atoms with Gasteiger partial charge < -0.3 is 20.3 Å². The first kappa shape index (κ1) is 28.0. The second-order valence-corrected chi connectivity index (χ2v) is 7.91. The van der Waals surface area contributed by atoms with Crippen LogP contribution in [0, 0.1) is 34.3 Å². The van der Waals surface area contributed by atoms with Crippen LogP contribution in [0.2, 0.25) is 0 Å². The van der Waals surface area contributed by atoms with E-state index in [2.05, 4.69) is 15.9 Å². The third-order valence-corrected chi connectivity index (χ3v) is 5.16. The van der Waals surface area contributed by atoms with Crippen molar-refractivity contribution in [1.82, 2.24) is 0 Å². The smallest absolute Gasteiger partial charge is 0.488 e. The van der Waals surface area contributed by atoms with Crippen LogP contribution in [0.25, 0.3) is 11.1 Å². The van der Waals surface area contributed by atoms with Crippen molar-refractivity contribution in [2.45, 2.75) is 0 Å². The molecular formula is C26H18BBrF2N2O4. The molecule has 0 atom stereocenters. The molecule has 0 amide bonds. The number of nitriles is 2. The third kappa shape index (κ3) is 8.53. The van der Waals surface area contributed by atoms with Gasteiger partial charge in [-0.25, -0.2) is 8.78 Å². The molecule has 180 valence electrons. The van der Waals surface area contributed by atoms with Gasteiger partial charge in [0.2, 0.25) is 0 Å². The summed E-state index contributed by atoms with van der Waals surface area (Å²) in [5.74, 6) is -1.09. The molecule has 0 heterocycles. The van der Waals surface area contributed by atoms with Crippen LogP contribution in [0.5, 0.6) is 11.5 Å². The van der Waals surface area contributed by atoms with Gasteiger partial charge in [0.1, 0.15) is 23.1 Å². The van der Waals surface area contributed by atoms with E-state index in [1.165, 1.54) is 48.5 Å². The molecule has 4 aromatic rings. The van der Waals surface area contributed by atoms with Crippen LogP contribution >= 0.6 is 15.9 Å². The SMILES string of the molecule is N#Cc1ccc(-c2ccc(O)cc2F)cc1.N#Cc1ccc(B(O)O)cc1.Oc1ccc(Br)c(F)c1. The average Bonchev–Trinajstić information content (AvgIpc) is 2.87. The first-order chi connectivity index (χ1) is 17.1. The predicted molar refractivity (Wildman–Crippen MR) is 135 cm³/mol. The molecule has 0 radical (unpaired) electrons. The van der Waals surface area contributed by atoms with Gasteiger partial charge in [0.25, 0.3) is 0 Å². The Labute approximate surface area is 214 Å². The quantitative estimate of drug-likeness (QED) is 0.270. The molecule has 0 bridgehead atoms. The topological polar surface area (TPSA) is 128 Å². The highest BCUT2D eigenvalue weighted by atomic mass is 79.9. The van der Waals surface area contributed by atoms with Crippen LogP contribution in [0.4, 0.5) is 8.78 Å². The van der Waals surface area contributed by atoms with Gasteiger partial charge in [0.05, 0.1) is 27.7 Å². The summed E-state index contributed by atoms with van der Waals surface area (Å²) in [6.45, 7) is 0. The second kappa shape index (κ2) is 13.6. The largest absolute Gasteiger partial charge is 0.508 e. The number of rotatable bonds is 2. The van der Waals surface area contributed by atoms with E-state index in [9.17, 15) is 8.78 Å². The van der Waals surface area contributed by atoms with Crippen molar-refractivity contribution in [3.8, 4) is 34.8 Å². The number of hydrogen-bond acceptors (Lipinski definition) is 6. The number of nitrogens with zero attached hydrogens (tertiary/aromatic N) is 2. The van der Waals surface area contributed by atoms with Crippen molar-refractivity contribution in [3.63, 3.8) is 0 Å². The summed E-state index contributed by atoms with van der Waals surface area (Å²) < 4.78 is 26.2. The molecule has 10 heteroatoms. The Kier molecular flexibility index (Phi) is 10.6. The van der Waals surface area contributed by atoms with E-state index in [4.69, 9.17) is 30.8 Å². The Morgan fingerprint density at radius 2 is 1.14 bits per heavy atom. The summed E-state index contributed by atoms with van der Waals surface area (Å²) in [6.07, 6.45) is 0. The van der Waals surface area contributed by atoms with Gasteiger partial charge in [0.15, 0.2) is 0 Å². The molecule has 4 N–H and O–H groups in total. The van der Waals surface area contributed by atoms with Crippen LogP contribution in [-0.4, -0.2) is 27.4 Å². The number of benzene rings is 4. The van der Waals surface area contributed by atoms with Crippen LogP contribution < -0.4 is 5.46 Å². The summed E-state index contributed by atoms with van der Waals surface area (Å²) in [7, 11) is -1.46. The summed E-state index contributed by atoms with van der Waals surface area (Å²) in [5, 5.41) is 52.1. The van der Waals surface area contributed by atoms with Crippen molar-refractivity contribution < 1.29 is 29.0 Å². The molecule has 0 aliphatic heterocycles. The zero-order valence-electron chi connectivity index (χ0n) is 18.5. The summed E-state index contributed by atoms with van der Waals surface area (Å²) >= 11 is 2.94. The monoisotopic (exact) mass is 550 g/mol. The molecule has 0 saturated heterocycles. The maximum absolute atomic E-state index is 13.5. The van der Waals surface area contributed by atoms with Crippen molar-refractivity contribution in [2.24, 2.45) is 0 Å². The lowest BCUT2D eigenvalue weighted by Gasteiger charge is -2.03. The Morgan fingerprint density at radius 1 is 0.667 bits per heavy atom. The minimum absolute atomic E-state index is 0.0595. The number of phenols is 2. The zero-order chi connectivity index (χ0) is 26.7. The average molecular weight is 551 g/mol. The minimum atomic E-state index is -1.46. The third-order valence-electron chi connectivity index (χ3n) is 4.52. The van der Waals surface area contributed by atoms with Gasteiger partial charge >= 0.3 is 7.12 Å². The van der Waals surface area contributed by atoms with E-state index in [0.29, 0.717) is 32.2 Å². The second-order valence-electron chi connectivity index (χ2n) is 7.06. The number of hydrogen-bond donors (Lipinski definition) is 4. The van der Waals surface area contributed by atoms with Gasteiger partial charge in [0, 0.05) is 17.7 Å². The molecule has 0 fully saturated rings. The van der Waals surface area contributed by atoms with E-state index in [0.717, 1.165) is 12.1 Å². The van der Waals surface area contributed by atoms with Gasteiger partial charge in [-0.2, -0.15) is 10.5 Å². The lowest BCUT2D eigenvalue weighted by atomic mass is 9.80. The standard InChI is InChI=1S/C13H8FNO.C7H6BNO2.C6H4BrFO/c14-13-7-11(16)5-6-12(13)10-3-1-9(8-15)2-4-10;9-5-6-1-3-7(4-2-6)8(10)11;7-5-2-1-4(9)3-6(5)8/h1-7,16H;1-4,10-11H;1-3,9H. The normalized spacial score (nSPS) is 9.42. The Balaban J connectivity index is 0.000000200. The minimum Gasteiger partial charge on any atom is -0.508 e. The molecule has 0 aliphatic carbocycles. The van der Waals surface area contributed by atoms with Crippen LogP contribution in [0.15, 0.2) is 89.4 Å². The van der Waals surface area contributed by atoms with E-state index in [1.54, 1.807) is 24.3 Å². The van der Waals surface area contributed by atoms with E-state index in [-0.39, 0.29) is 11.5 Å². The Bertz CT molecular complexity index is 1390. The first-order valence-electron chi connectivity index (χ1n) is 10.1. The fraction of sp³-hybridized carbons (Fsp3) is 0. The molecule has 6 nitrogen and oxygen atoms in total. The maximum atomic E-state index is 13.5. The summed E-state index contributed by atoms with van der Waals surface area (Å²) in [5.41, 5.74) is 2.51. The van der Waals surface area contributed by atoms with Crippen molar-refractivity contribution in [3.05, 3.63) is 112 Å². The van der Waals surface area contributed by atoms with Crippen molar-refractivity contribution >= 4 is 28.5 Å². The van der Waals surface area contributed by atoms with Gasteiger partial charge in [-0.15, -0.1) is 0 Å². The van der Waals surface area contributed by atoms with E-state index >= 15 is 0 Å². The summed E-state index contributed by atoms with van der Waals surface area (Å²) in [6, 6.07) is 24.5. The Morgan fingerprint density at radius 3 is 1.56 bits per heavy atom. The van der Waals surface area contributed by atoms with Gasteiger partial charge in [-0.3, -0.25) is 0 Å². The van der Waals surface area contributed by atoms with Crippen molar-refractivity contribution in [1.29, 1.82) is 10.5 Å². The zero-order valence-corrected chi connectivity index (χ0v) is 20.1. The molecule has 0 spiro atoms. The fourth-order valence-corrected chi connectivity index (χ4v) is 2.92. The van der Waals surface area contributed by atoms with Gasteiger partial charge in [-0.1, -0.05) is 24.3 Å². The van der Waals surface area contributed by atoms with Gasteiger partial charge in [-0.05, 0) is 75.5 Å². The lowest BCUT2D eigenvalue weighted by Crippen LogP contribution is -2.29. The summed E-state index contributed by atoms with van der Waals surface area (Å²) in [4.78, 5) is 0. The first-order valence-corrected chi connectivity index (χ1v) is 10.9. The molecule has 4 rings (SSSR count). The molecule has 0 saturated carbocycles. The molecule has 36 heavy (non-hydrogen) atoms. The fourth-order valence-electron chi connectivity index (χ4n) is 2.68. The van der Waals surface area contributed by atoms with E-state index in [1.807, 2.05) is 12.1 Å². The molecule has 0 unspecified atom stereocenters. The van der Waals surface area contributed by atoms with Crippen LogP contribution in [0.1, 0.15) is 11.1 Å². The Hall–Kier alpha value is -4.22. The van der Waals surface area contributed by atoms with Crippen molar-refractivity contribution in [2.75, 3.05) is 0 Å². The predicted octanol–water partition coefficient (Wildman–Crippen LogP) is 4.60. The highest BCUT2D eigenvalue weighted by Crippen LogP contribution is 2.25. The number of halogens is 3. The maximum Gasteiger partial charge on any atom is 0.488 e. The molecular weight excluding hydrogens is 533 g/mol. The molecule has 0 aromatic heterocycles. The highest BCUT2D eigenvalue weighted by molar-refractivity contribution is 9.10. The number of aromatic hydroxyl groups is 2. The number of phenolic OH excluding ortho intramolecular Hbond substituents is 2. The van der Waals surface area contributed by atoms with E-state index < -0.39 is 18.8 Å². The van der Waals surface area contributed by atoms with Crippen LogP contribution in [-0.2, 0) is 0 Å². The van der Waals surface area contributed by atoms with Crippen LogP contribution in [0.3, 0.4) is 0 Å². The highest BCUT2D eigenvalue weighted by Gasteiger charge is 2.09. The lowest BCUT2D eigenvalue weighted by molar-refractivity contribution is 0.425. The molecule has 4 aromatic carbocycles.